The summed E-state index contributed by atoms with van der Waals surface area (Å²) in [6, 6.07) is 9.00. The lowest BCUT2D eigenvalue weighted by Gasteiger charge is -2.06. The molecule has 0 aliphatic heterocycles. The number of ketones is 1. The number of ether oxygens (including phenoxy) is 2. The summed E-state index contributed by atoms with van der Waals surface area (Å²) in [4.78, 5) is 12.2. The molecular weight excluding hydrogens is 312 g/mol. The van der Waals surface area contributed by atoms with Gasteiger partial charge in [0.25, 0.3) is 0 Å². The summed E-state index contributed by atoms with van der Waals surface area (Å²) in [5.74, 6) is 0.0943. The summed E-state index contributed by atoms with van der Waals surface area (Å²) in [5.41, 5.74) is 0.800. The van der Waals surface area contributed by atoms with Gasteiger partial charge in [-0.2, -0.15) is 0 Å². The van der Waals surface area contributed by atoms with Crippen LogP contribution in [0.3, 0.4) is 0 Å². The average molecular weight is 330 g/mol. The van der Waals surface area contributed by atoms with Crippen molar-refractivity contribution in [1.82, 2.24) is 0 Å². The predicted molar refractivity (Wildman–Crippen MR) is 88.7 cm³/mol. The molecule has 3 N–H and O–H groups in total. The highest BCUT2D eigenvalue weighted by atomic mass is 16.5. The van der Waals surface area contributed by atoms with Gasteiger partial charge >= 0.3 is 0 Å². The zero-order chi connectivity index (χ0) is 17.5. The number of carbonyl (C=O) groups excluding carboxylic acids is 1. The molecule has 0 bridgehead atoms. The van der Waals surface area contributed by atoms with Crippen molar-refractivity contribution in [3.63, 3.8) is 0 Å². The van der Waals surface area contributed by atoms with E-state index in [-0.39, 0.29) is 36.1 Å². The van der Waals surface area contributed by atoms with E-state index in [2.05, 4.69) is 0 Å². The number of hydrogen-bond acceptors (Lipinski definition) is 6. The molecule has 6 heteroatoms. The van der Waals surface area contributed by atoms with Gasteiger partial charge < -0.3 is 24.8 Å². The maximum atomic E-state index is 12.2. The highest BCUT2D eigenvalue weighted by molar-refractivity contribution is 6.08. The summed E-state index contributed by atoms with van der Waals surface area (Å²) < 4.78 is 10.2. The van der Waals surface area contributed by atoms with Gasteiger partial charge in [-0.3, -0.25) is 4.79 Å². The van der Waals surface area contributed by atoms with Crippen molar-refractivity contribution in [1.29, 1.82) is 0 Å². The second-order valence-corrected chi connectivity index (χ2v) is 4.88. The molecule has 2 aromatic rings. The first-order valence-electron chi connectivity index (χ1n) is 7.21. The average Bonchev–Trinajstić information content (AvgIpc) is 2.59. The van der Waals surface area contributed by atoms with Crippen molar-refractivity contribution in [2.45, 2.75) is 0 Å². The minimum absolute atomic E-state index is 0.0112. The van der Waals surface area contributed by atoms with Crippen LogP contribution in [0.4, 0.5) is 0 Å². The molecule has 0 spiro atoms. The van der Waals surface area contributed by atoms with E-state index in [1.807, 2.05) is 0 Å². The lowest BCUT2D eigenvalue weighted by atomic mass is 10.1. The Labute approximate surface area is 139 Å². The number of methoxy groups -OCH3 is 1. The molecule has 2 rings (SSSR count). The number of phenolic OH excluding ortho intramolecular Hbond substituents is 2. The first-order chi connectivity index (χ1) is 11.5. The summed E-state index contributed by atoms with van der Waals surface area (Å²) in [6.07, 6.45) is 2.87. The molecule has 0 saturated carbocycles. The Kier molecular flexibility index (Phi) is 5.81. The number of rotatable bonds is 7. The first-order valence-corrected chi connectivity index (χ1v) is 7.21. The van der Waals surface area contributed by atoms with E-state index in [0.717, 1.165) is 0 Å². The molecule has 0 radical (unpaired) electrons. The van der Waals surface area contributed by atoms with E-state index in [1.165, 1.54) is 31.4 Å². The van der Waals surface area contributed by atoms with Crippen LogP contribution in [0.25, 0.3) is 6.08 Å². The Bertz CT molecular complexity index is 751. The lowest BCUT2D eigenvalue weighted by molar-refractivity contribution is 0.104. The van der Waals surface area contributed by atoms with E-state index in [1.54, 1.807) is 24.3 Å². The molecule has 0 aliphatic carbocycles. The molecule has 0 heterocycles. The van der Waals surface area contributed by atoms with Crippen LogP contribution in [0.2, 0.25) is 0 Å². The zero-order valence-electron chi connectivity index (χ0n) is 13.1. The molecule has 24 heavy (non-hydrogen) atoms. The van der Waals surface area contributed by atoms with Gasteiger partial charge in [0.2, 0.25) is 0 Å². The van der Waals surface area contributed by atoms with Gasteiger partial charge in [-0.15, -0.1) is 0 Å². The molecular formula is C18H18O6. The minimum atomic E-state index is -0.381. The third-order valence-electron chi connectivity index (χ3n) is 3.23. The number of carbonyl (C=O) groups is 1. The van der Waals surface area contributed by atoms with Crippen molar-refractivity contribution >= 4 is 11.9 Å². The molecule has 0 saturated heterocycles. The topological polar surface area (TPSA) is 96.2 Å². The highest BCUT2D eigenvalue weighted by Gasteiger charge is 2.10. The highest BCUT2D eigenvalue weighted by Crippen LogP contribution is 2.27. The van der Waals surface area contributed by atoms with Gasteiger partial charge in [0.15, 0.2) is 17.3 Å². The maximum Gasteiger partial charge on any atom is 0.189 e. The minimum Gasteiger partial charge on any atom is -0.507 e. The first kappa shape index (κ1) is 17.4. The molecule has 0 aromatic heterocycles. The normalized spacial score (nSPS) is 10.8. The Morgan fingerprint density at radius 3 is 2.58 bits per heavy atom. The molecule has 2 aromatic carbocycles. The van der Waals surface area contributed by atoms with E-state index in [4.69, 9.17) is 14.6 Å². The van der Waals surface area contributed by atoms with Gasteiger partial charge in [-0.25, -0.2) is 0 Å². The molecule has 0 amide bonds. The van der Waals surface area contributed by atoms with Crippen molar-refractivity contribution in [2.75, 3.05) is 20.3 Å². The van der Waals surface area contributed by atoms with E-state index < -0.39 is 0 Å². The Hall–Kier alpha value is -2.99. The van der Waals surface area contributed by atoms with E-state index >= 15 is 0 Å². The second kappa shape index (κ2) is 8.03. The third-order valence-corrected chi connectivity index (χ3v) is 3.23. The van der Waals surface area contributed by atoms with Crippen LogP contribution in [0.15, 0.2) is 42.5 Å². The number of benzene rings is 2. The lowest BCUT2D eigenvalue weighted by Crippen LogP contribution is -2.02. The fourth-order valence-electron chi connectivity index (χ4n) is 2.03. The smallest absolute Gasteiger partial charge is 0.189 e. The largest absolute Gasteiger partial charge is 0.507 e. The number of allylic oxidation sites excluding steroid dienone is 1. The number of hydrogen-bond donors (Lipinski definition) is 3. The standard InChI is InChI=1S/C18H18O6/c1-23-18-10-12(3-7-16(18)21)2-6-15(20)14-5-4-13(11-17(14)22)24-9-8-19/h2-7,10-11,19,21-22H,8-9H2,1H3/b6-2+. The van der Waals surface area contributed by atoms with Gasteiger partial charge in [-0.1, -0.05) is 12.1 Å². The third kappa shape index (κ3) is 4.27. The van der Waals surface area contributed by atoms with Crippen molar-refractivity contribution in [3.05, 3.63) is 53.6 Å². The van der Waals surface area contributed by atoms with Gasteiger partial charge in [-0.05, 0) is 35.9 Å². The van der Waals surface area contributed by atoms with Crippen LogP contribution >= 0.6 is 0 Å². The van der Waals surface area contributed by atoms with Crippen LogP contribution in [0.5, 0.6) is 23.0 Å². The maximum absolute atomic E-state index is 12.2. The Morgan fingerprint density at radius 1 is 1.12 bits per heavy atom. The molecule has 6 nitrogen and oxygen atoms in total. The predicted octanol–water partition coefficient (Wildman–Crippen LogP) is 2.37. The van der Waals surface area contributed by atoms with Crippen LogP contribution in [0.1, 0.15) is 15.9 Å². The monoisotopic (exact) mass is 330 g/mol. The SMILES string of the molecule is COc1cc(/C=C/C(=O)c2ccc(OCCO)cc2O)ccc1O. The van der Waals surface area contributed by atoms with Gasteiger partial charge in [0, 0.05) is 6.07 Å². The molecule has 0 fully saturated rings. The summed E-state index contributed by atoms with van der Waals surface area (Å²) >= 11 is 0. The fraction of sp³-hybridized carbons (Fsp3) is 0.167. The van der Waals surface area contributed by atoms with Crippen molar-refractivity contribution in [2.24, 2.45) is 0 Å². The van der Waals surface area contributed by atoms with Gasteiger partial charge in [0.1, 0.15) is 18.1 Å². The number of aromatic hydroxyl groups is 2. The number of phenols is 2. The number of aliphatic hydroxyl groups excluding tert-OH is 1. The summed E-state index contributed by atoms with van der Waals surface area (Å²) in [5, 5.41) is 28.2. The Morgan fingerprint density at radius 2 is 1.92 bits per heavy atom. The van der Waals surface area contributed by atoms with Crippen LogP contribution in [-0.4, -0.2) is 41.4 Å². The van der Waals surface area contributed by atoms with Crippen molar-refractivity contribution < 1.29 is 29.6 Å². The molecule has 0 atom stereocenters. The summed E-state index contributed by atoms with van der Waals surface area (Å²) in [7, 11) is 1.44. The zero-order valence-corrected chi connectivity index (χ0v) is 13.1. The summed E-state index contributed by atoms with van der Waals surface area (Å²) in [6.45, 7) is -0.0321. The van der Waals surface area contributed by atoms with E-state index in [9.17, 15) is 15.0 Å². The van der Waals surface area contributed by atoms with Crippen LogP contribution in [0, 0.1) is 0 Å². The number of aliphatic hydroxyl groups is 1. The van der Waals surface area contributed by atoms with E-state index in [0.29, 0.717) is 17.1 Å². The fourth-order valence-corrected chi connectivity index (χ4v) is 2.03. The molecule has 0 unspecified atom stereocenters. The van der Waals surface area contributed by atoms with Crippen LogP contribution in [-0.2, 0) is 0 Å². The molecule has 126 valence electrons. The molecule has 0 aliphatic rings. The Balaban J connectivity index is 2.14. The van der Waals surface area contributed by atoms with Crippen LogP contribution < -0.4 is 9.47 Å². The van der Waals surface area contributed by atoms with Crippen molar-refractivity contribution in [3.8, 4) is 23.0 Å². The second-order valence-electron chi connectivity index (χ2n) is 4.88. The quantitative estimate of drug-likeness (QED) is 0.533. The van der Waals surface area contributed by atoms with Gasteiger partial charge in [0.05, 0.1) is 19.3 Å².